The summed E-state index contributed by atoms with van der Waals surface area (Å²) in [6.07, 6.45) is 2.39. The van der Waals surface area contributed by atoms with E-state index in [9.17, 15) is 19.7 Å². The van der Waals surface area contributed by atoms with Crippen molar-refractivity contribution < 1.29 is 24.0 Å². The Morgan fingerprint density at radius 2 is 2.12 bits per heavy atom. The third-order valence-electron chi connectivity index (χ3n) is 4.90. The molecule has 1 saturated heterocycles. The summed E-state index contributed by atoms with van der Waals surface area (Å²) >= 11 is 11.8. The minimum atomic E-state index is -0.651. The van der Waals surface area contributed by atoms with E-state index in [4.69, 9.17) is 32.7 Å². The lowest BCUT2D eigenvalue weighted by atomic mass is 9.98. The van der Waals surface area contributed by atoms with Gasteiger partial charge in [0, 0.05) is 18.1 Å². The lowest BCUT2D eigenvalue weighted by Gasteiger charge is -2.32. The summed E-state index contributed by atoms with van der Waals surface area (Å²) in [5.41, 5.74) is 4.31. The van der Waals surface area contributed by atoms with Gasteiger partial charge in [-0.3, -0.25) is 30.6 Å². The number of carbonyl (C=O) groups excluding carboxylic acids is 2. The number of esters is 1. The van der Waals surface area contributed by atoms with Crippen LogP contribution in [0.3, 0.4) is 0 Å². The maximum absolute atomic E-state index is 12.2. The highest BCUT2D eigenvalue weighted by atomic mass is 35.5. The Morgan fingerprint density at radius 1 is 1.32 bits per heavy atom. The molecule has 1 aromatic heterocycles. The summed E-state index contributed by atoms with van der Waals surface area (Å²) in [6.45, 7) is 2.24. The van der Waals surface area contributed by atoms with Crippen molar-refractivity contribution in [2.75, 3.05) is 36.6 Å². The van der Waals surface area contributed by atoms with E-state index in [2.05, 4.69) is 20.8 Å². The zero-order chi connectivity index (χ0) is 24.7. The van der Waals surface area contributed by atoms with Crippen molar-refractivity contribution >= 4 is 52.4 Å². The van der Waals surface area contributed by atoms with Gasteiger partial charge >= 0.3 is 11.7 Å². The predicted molar refractivity (Wildman–Crippen MR) is 124 cm³/mol. The van der Waals surface area contributed by atoms with Crippen LogP contribution in [0, 0.1) is 16.0 Å². The van der Waals surface area contributed by atoms with E-state index in [-0.39, 0.29) is 41.5 Å². The van der Waals surface area contributed by atoms with E-state index in [1.165, 1.54) is 12.1 Å². The predicted octanol–water partition coefficient (Wildman–Crippen LogP) is 2.99. The van der Waals surface area contributed by atoms with Crippen molar-refractivity contribution in [3.63, 3.8) is 0 Å². The zero-order valence-electron chi connectivity index (χ0n) is 18.1. The monoisotopic (exact) mass is 512 g/mol. The molecule has 1 unspecified atom stereocenters. The molecule has 1 atom stereocenters. The molecule has 0 radical (unpaired) electrons. The molecule has 34 heavy (non-hydrogen) atoms. The van der Waals surface area contributed by atoms with Gasteiger partial charge < -0.3 is 14.4 Å². The highest BCUT2D eigenvalue weighted by Gasteiger charge is 2.33. The number of nitrogens with one attached hydrogen (secondary N) is 2. The van der Waals surface area contributed by atoms with Crippen molar-refractivity contribution in [2.45, 2.75) is 19.8 Å². The van der Waals surface area contributed by atoms with Gasteiger partial charge in [-0.2, -0.15) is 0 Å². The van der Waals surface area contributed by atoms with E-state index >= 15 is 0 Å². The Labute approximate surface area is 204 Å². The fourth-order valence-corrected chi connectivity index (χ4v) is 3.85. The fraction of sp³-hybridized carbons (Fsp3) is 0.400. The largest absolute Gasteiger partial charge is 0.482 e. The van der Waals surface area contributed by atoms with Crippen LogP contribution in [-0.2, 0) is 14.3 Å². The Hall–Kier alpha value is -3.38. The number of hydrogen-bond acceptors (Lipinski definition) is 10. The average molecular weight is 513 g/mol. The molecule has 0 bridgehead atoms. The third kappa shape index (κ3) is 6.35. The first-order valence-corrected chi connectivity index (χ1v) is 11.1. The average Bonchev–Trinajstić information content (AvgIpc) is 2.82. The maximum atomic E-state index is 12.2. The molecule has 182 valence electrons. The van der Waals surface area contributed by atoms with Crippen molar-refractivity contribution in [1.29, 1.82) is 0 Å². The molecule has 0 saturated carbocycles. The van der Waals surface area contributed by atoms with E-state index < -0.39 is 29.0 Å². The van der Waals surface area contributed by atoms with E-state index in [1.54, 1.807) is 17.9 Å². The molecule has 2 N–H and O–H groups in total. The van der Waals surface area contributed by atoms with Crippen molar-refractivity contribution in [2.24, 2.45) is 5.92 Å². The lowest BCUT2D eigenvalue weighted by molar-refractivity contribution is -0.383. The number of anilines is 2. The molecule has 2 heterocycles. The number of carbonyl (C=O) groups is 2. The Morgan fingerprint density at radius 3 is 2.82 bits per heavy atom. The standard InChI is InChI=1S/C20H22Cl2N6O6/c1-2-33-20(30)12-4-3-7-27(9-12)19-17(28(31)32)18(23-11-24-19)26-25-16(29)10-34-15-6-5-13(21)8-14(15)22/h5-6,8,11-12H,2-4,7,9-10H2,1H3,(H,25,29)(H,23,24,26). The van der Waals surface area contributed by atoms with Gasteiger partial charge in [0.15, 0.2) is 6.61 Å². The van der Waals surface area contributed by atoms with Gasteiger partial charge in [0.25, 0.3) is 5.91 Å². The molecule has 2 aromatic rings. The van der Waals surface area contributed by atoms with Crippen LogP contribution < -0.4 is 20.5 Å². The first-order chi connectivity index (χ1) is 16.3. The van der Waals surface area contributed by atoms with Crippen LogP contribution in [0.25, 0.3) is 0 Å². The smallest absolute Gasteiger partial charge is 0.355 e. The number of hydrazine groups is 1. The Balaban J connectivity index is 1.68. The second-order valence-electron chi connectivity index (χ2n) is 7.23. The summed E-state index contributed by atoms with van der Waals surface area (Å²) in [5.74, 6) is -1.34. The number of rotatable bonds is 9. The number of nitrogens with zero attached hydrogens (tertiary/aromatic N) is 4. The minimum Gasteiger partial charge on any atom is -0.482 e. The van der Waals surface area contributed by atoms with Crippen LogP contribution in [0.4, 0.5) is 17.3 Å². The van der Waals surface area contributed by atoms with Crippen molar-refractivity contribution in [3.8, 4) is 5.75 Å². The topological polar surface area (TPSA) is 149 Å². The van der Waals surface area contributed by atoms with Crippen LogP contribution in [-0.4, -0.2) is 53.1 Å². The van der Waals surface area contributed by atoms with Crippen LogP contribution in [0.2, 0.25) is 10.0 Å². The molecule has 12 nitrogen and oxygen atoms in total. The quantitative estimate of drug-likeness (QED) is 0.291. The van der Waals surface area contributed by atoms with Gasteiger partial charge in [0.1, 0.15) is 12.1 Å². The minimum absolute atomic E-state index is 0.0370. The second kappa shape index (κ2) is 11.7. The molecule has 1 aromatic carbocycles. The third-order valence-corrected chi connectivity index (χ3v) is 5.43. The molecule has 1 aliphatic heterocycles. The van der Waals surface area contributed by atoms with Crippen LogP contribution >= 0.6 is 23.2 Å². The van der Waals surface area contributed by atoms with Crippen molar-refractivity contribution in [3.05, 3.63) is 44.7 Å². The number of ether oxygens (including phenoxy) is 2. The van der Waals surface area contributed by atoms with Crippen LogP contribution in [0.15, 0.2) is 24.5 Å². The van der Waals surface area contributed by atoms with Gasteiger partial charge in [0.05, 0.1) is 22.5 Å². The van der Waals surface area contributed by atoms with Gasteiger partial charge in [-0.05, 0) is 38.0 Å². The summed E-state index contributed by atoms with van der Waals surface area (Å²) in [6, 6.07) is 4.53. The first-order valence-electron chi connectivity index (χ1n) is 10.3. The molecule has 1 aliphatic rings. The summed E-state index contributed by atoms with van der Waals surface area (Å²) in [5, 5.41) is 12.5. The summed E-state index contributed by atoms with van der Waals surface area (Å²) in [4.78, 5) is 45.1. The van der Waals surface area contributed by atoms with Gasteiger partial charge in [-0.15, -0.1) is 0 Å². The number of halogens is 2. The number of amides is 1. The van der Waals surface area contributed by atoms with Crippen LogP contribution in [0.5, 0.6) is 5.75 Å². The molecular weight excluding hydrogens is 491 g/mol. The summed E-state index contributed by atoms with van der Waals surface area (Å²) in [7, 11) is 0. The normalized spacial score (nSPS) is 15.4. The molecule has 1 fully saturated rings. The Bertz CT molecular complexity index is 1070. The molecular formula is C20H22Cl2N6O6. The fourth-order valence-electron chi connectivity index (χ4n) is 3.38. The SMILES string of the molecule is CCOC(=O)C1CCCN(c2ncnc(NNC(=O)COc3ccc(Cl)cc3Cl)c2[N+](=O)[O-])C1. The molecule has 3 rings (SSSR count). The first kappa shape index (κ1) is 25.2. The highest BCUT2D eigenvalue weighted by Crippen LogP contribution is 2.34. The molecule has 1 amide bonds. The van der Waals surface area contributed by atoms with Gasteiger partial charge in [-0.25, -0.2) is 9.97 Å². The van der Waals surface area contributed by atoms with E-state index in [0.717, 1.165) is 6.33 Å². The number of piperidine rings is 1. The van der Waals surface area contributed by atoms with Gasteiger partial charge in [-0.1, -0.05) is 23.2 Å². The van der Waals surface area contributed by atoms with Gasteiger partial charge in [0.2, 0.25) is 11.6 Å². The number of aromatic nitrogens is 2. The molecule has 14 heteroatoms. The number of hydrogen-bond donors (Lipinski definition) is 2. The number of nitro groups is 1. The maximum Gasteiger partial charge on any atom is 0.355 e. The molecule has 0 spiro atoms. The second-order valence-corrected chi connectivity index (χ2v) is 8.07. The molecule has 0 aliphatic carbocycles. The van der Waals surface area contributed by atoms with E-state index in [1.807, 2.05) is 0 Å². The summed E-state index contributed by atoms with van der Waals surface area (Å²) < 4.78 is 10.4. The van der Waals surface area contributed by atoms with Crippen molar-refractivity contribution in [1.82, 2.24) is 15.4 Å². The Kier molecular flexibility index (Phi) is 8.66. The lowest BCUT2D eigenvalue weighted by Crippen LogP contribution is -2.40. The van der Waals surface area contributed by atoms with Crippen LogP contribution in [0.1, 0.15) is 19.8 Å². The number of benzene rings is 1. The van der Waals surface area contributed by atoms with E-state index in [0.29, 0.717) is 24.4 Å². The zero-order valence-corrected chi connectivity index (χ0v) is 19.6. The highest BCUT2D eigenvalue weighted by molar-refractivity contribution is 6.35.